The highest BCUT2D eigenvalue weighted by Crippen LogP contribution is 2.06. The summed E-state index contributed by atoms with van der Waals surface area (Å²) in [5.41, 5.74) is 0. The highest BCUT2D eigenvalue weighted by Gasteiger charge is 1.97. The molecule has 0 atom stereocenters. The summed E-state index contributed by atoms with van der Waals surface area (Å²) < 4.78 is 0. The lowest BCUT2D eigenvalue weighted by Gasteiger charge is -2.06. The van der Waals surface area contributed by atoms with Gasteiger partial charge in [0, 0.05) is 18.4 Å². The van der Waals surface area contributed by atoms with Gasteiger partial charge < -0.3 is 10.6 Å². The molecule has 0 bridgehead atoms. The van der Waals surface area contributed by atoms with Crippen molar-refractivity contribution in [2.75, 3.05) is 18.4 Å². The van der Waals surface area contributed by atoms with E-state index < -0.39 is 0 Å². The van der Waals surface area contributed by atoms with Gasteiger partial charge in [-0.05, 0) is 44.9 Å². The van der Waals surface area contributed by atoms with Crippen molar-refractivity contribution in [1.82, 2.24) is 10.6 Å². The molecular formula is C18H35BrN2O. The molecule has 0 unspecified atom stereocenters. The largest absolute Gasteiger partial charge is 0.338 e. The number of hydrogen-bond acceptors (Lipinski definition) is 1. The van der Waals surface area contributed by atoms with Crippen LogP contribution in [0, 0.1) is 0 Å². The maximum absolute atomic E-state index is 11.4. The molecule has 0 aliphatic heterocycles. The van der Waals surface area contributed by atoms with Gasteiger partial charge in [-0.1, -0.05) is 60.7 Å². The zero-order valence-corrected chi connectivity index (χ0v) is 15.9. The molecule has 2 N–H and O–H groups in total. The first kappa shape index (κ1) is 21.5. The normalized spacial score (nSPS) is 11.0. The molecule has 0 aliphatic carbocycles. The number of halogens is 1. The number of amides is 2. The maximum Gasteiger partial charge on any atom is 0.314 e. The molecule has 0 rings (SSSR count). The minimum Gasteiger partial charge on any atom is -0.338 e. The minimum absolute atomic E-state index is 0.0184. The van der Waals surface area contributed by atoms with E-state index in [9.17, 15) is 4.79 Å². The number of unbranched alkanes of at least 4 members (excludes halogenated alkanes) is 8. The van der Waals surface area contributed by atoms with Crippen LogP contribution in [0.1, 0.15) is 77.6 Å². The van der Waals surface area contributed by atoms with E-state index in [1.807, 2.05) is 0 Å². The number of nitrogens with one attached hydrogen (secondary N) is 2. The lowest BCUT2D eigenvalue weighted by molar-refractivity contribution is 0.240. The third-order valence-corrected chi connectivity index (χ3v) is 4.13. The second kappa shape index (κ2) is 18.5. The van der Waals surface area contributed by atoms with Crippen LogP contribution in [0.2, 0.25) is 0 Å². The van der Waals surface area contributed by atoms with Crippen molar-refractivity contribution in [3.63, 3.8) is 0 Å². The fourth-order valence-corrected chi connectivity index (χ4v) is 2.57. The number of hydrogen-bond donors (Lipinski definition) is 2. The predicted molar refractivity (Wildman–Crippen MR) is 101 cm³/mol. The molecule has 0 aliphatic rings. The Balaban J connectivity index is 3.20. The predicted octanol–water partition coefficient (Wildman–Crippen LogP) is 5.55. The molecule has 0 aromatic heterocycles. The lowest BCUT2D eigenvalue weighted by Crippen LogP contribution is -2.36. The van der Waals surface area contributed by atoms with Gasteiger partial charge in [-0.25, -0.2) is 4.79 Å². The standard InChI is InChI=1S/C18H35BrN2O/c1-2-3-13-16-20-18(22)21-17-14-11-9-7-5-4-6-8-10-12-15-19/h5,7H,2-4,6,8-17H2,1H3,(H2,20,21,22). The van der Waals surface area contributed by atoms with Crippen LogP contribution < -0.4 is 10.6 Å². The molecular weight excluding hydrogens is 340 g/mol. The van der Waals surface area contributed by atoms with E-state index in [-0.39, 0.29) is 6.03 Å². The summed E-state index contributed by atoms with van der Waals surface area (Å²) >= 11 is 3.46. The zero-order valence-electron chi connectivity index (χ0n) is 14.3. The smallest absolute Gasteiger partial charge is 0.314 e. The van der Waals surface area contributed by atoms with Crippen molar-refractivity contribution < 1.29 is 4.79 Å². The Morgan fingerprint density at radius 2 is 1.36 bits per heavy atom. The Morgan fingerprint density at radius 1 is 0.818 bits per heavy atom. The van der Waals surface area contributed by atoms with E-state index in [0.29, 0.717) is 0 Å². The van der Waals surface area contributed by atoms with E-state index in [4.69, 9.17) is 0 Å². The molecule has 0 saturated carbocycles. The van der Waals surface area contributed by atoms with Gasteiger partial charge in [0.15, 0.2) is 0 Å². The van der Waals surface area contributed by atoms with Crippen molar-refractivity contribution in [3.8, 4) is 0 Å². The van der Waals surface area contributed by atoms with Gasteiger partial charge in [-0.3, -0.25) is 0 Å². The van der Waals surface area contributed by atoms with Crippen LogP contribution in [0.3, 0.4) is 0 Å². The Bertz CT molecular complexity index is 270. The van der Waals surface area contributed by atoms with Crippen LogP contribution in [0.4, 0.5) is 4.79 Å². The highest BCUT2D eigenvalue weighted by atomic mass is 79.9. The summed E-state index contributed by atoms with van der Waals surface area (Å²) in [7, 11) is 0. The van der Waals surface area contributed by atoms with Gasteiger partial charge in [0.05, 0.1) is 0 Å². The van der Waals surface area contributed by atoms with Gasteiger partial charge in [0.1, 0.15) is 0 Å². The quantitative estimate of drug-likeness (QED) is 0.220. The Labute approximate surface area is 145 Å². The molecule has 0 aromatic carbocycles. The summed E-state index contributed by atoms with van der Waals surface area (Å²) in [5, 5.41) is 6.94. The maximum atomic E-state index is 11.4. The summed E-state index contributed by atoms with van der Waals surface area (Å²) in [6.07, 6.45) is 17.9. The highest BCUT2D eigenvalue weighted by molar-refractivity contribution is 9.09. The number of allylic oxidation sites excluding steroid dienone is 2. The second-order valence-corrected chi connectivity index (χ2v) is 6.54. The Hall–Kier alpha value is -0.510. The average Bonchev–Trinajstić information content (AvgIpc) is 2.52. The first-order valence-corrected chi connectivity index (χ1v) is 10.2. The Kier molecular flexibility index (Phi) is 18.1. The number of alkyl halides is 1. The van der Waals surface area contributed by atoms with Crippen LogP contribution >= 0.6 is 15.9 Å². The monoisotopic (exact) mass is 374 g/mol. The lowest BCUT2D eigenvalue weighted by atomic mass is 10.1. The van der Waals surface area contributed by atoms with Gasteiger partial charge in [0.25, 0.3) is 0 Å². The van der Waals surface area contributed by atoms with Crippen LogP contribution in [0.5, 0.6) is 0 Å². The summed E-state index contributed by atoms with van der Waals surface area (Å²) in [4.78, 5) is 11.4. The molecule has 0 saturated heterocycles. The molecule has 22 heavy (non-hydrogen) atoms. The van der Waals surface area contributed by atoms with Crippen LogP contribution in [0.15, 0.2) is 12.2 Å². The number of rotatable bonds is 15. The molecule has 2 amide bonds. The van der Waals surface area contributed by atoms with Gasteiger partial charge in [0.2, 0.25) is 0 Å². The third-order valence-electron chi connectivity index (χ3n) is 3.57. The number of urea groups is 1. The van der Waals surface area contributed by atoms with Gasteiger partial charge in [-0.15, -0.1) is 0 Å². The van der Waals surface area contributed by atoms with Crippen molar-refractivity contribution in [3.05, 3.63) is 12.2 Å². The van der Waals surface area contributed by atoms with E-state index in [1.54, 1.807) is 0 Å². The van der Waals surface area contributed by atoms with Crippen molar-refractivity contribution in [2.24, 2.45) is 0 Å². The molecule has 4 heteroatoms. The second-order valence-electron chi connectivity index (χ2n) is 5.75. The number of carbonyl (C=O) groups excluding carboxylic acids is 1. The zero-order chi connectivity index (χ0) is 16.3. The van der Waals surface area contributed by atoms with Crippen molar-refractivity contribution >= 4 is 22.0 Å². The average molecular weight is 375 g/mol. The van der Waals surface area contributed by atoms with Crippen LogP contribution in [-0.2, 0) is 0 Å². The summed E-state index contributed by atoms with van der Waals surface area (Å²) in [6.45, 7) is 3.73. The van der Waals surface area contributed by atoms with Crippen molar-refractivity contribution in [2.45, 2.75) is 77.6 Å². The van der Waals surface area contributed by atoms with Gasteiger partial charge in [-0.2, -0.15) is 0 Å². The van der Waals surface area contributed by atoms with Crippen molar-refractivity contribution in [1.29, 1.82) is 0 Å². The van der Waals surface area contributed by atoms with E-state index in [0.717, 1.165) is 44.1 Å². The van der Waals surface area contributed by atoms with Crippen LogP contribution in [-0.4, -0.2) is 24.5 Å². The van der Waals surface area contributed by atoms with Crippen LogP contribution in [0.25, 0.3) is 0 Å². The topological polar surface area (TPSA) is 41.1 Å². The minimum atomic E-state index is -0.0184. The summed E-state index contributed by atoms with van der Waals surface area (Å²) in [6, 6.07) is -0.0184. The Morgan fingerprint density at radius 3 is 1.95 bits per heavy atom. The fraction of sp³-hybridized carbons (Fsp3) is 0.833. The molecule has 0 spiro atoms. The summed E-state index contributed by atoms with van der Waals surface area (Å²) in [5.74, 6) is 0. The van der Waals surface area contributed by atoms with E-state index in [2.05, 4.69) is 45.6 Å². The van der Waals surface area contributed by atoms with E-state index >= 15 is 0 Å². The first-order chi connectivity index (χ1) is 10.8. The molecule has 0 radical (unpaired) electrons. The van der Waals surface area contributed by atoms with E-state index in [1.165, 1.54) is 44.9 Å². The third kappa shape index (κ3) is 17.5. The molecule has 0 fully saturated rings. The SMILES string of the molecule is CCCCCNC(=O)NCCCCC=CCCCCCCBr. The first-order valence-electron chi connectivity index (χ1n) is 9.04. The fourth-order valence-electron chi connectivity index (χ4n) is 2.17. The number of carbonyl (C=O) groups is 1. The molecule has 130 valence electrons. The van der Waals surface area contributed by atoms with Gasteiger partial charge >= 0.3 is 6.03 Å². The molecule has 0 heterocycles. The molecule has 0 aromatic rings. The molecule has 3 nitrogen and oxygen atoms in total.